The molecule has 1 aliphatic rings. The molecule has 0 bridgehead atoms. The average molecular weight is 442 g/mol. The summed E-state index contributed by atoms with van der Waals surface area (Å²) in [5.41, 5.74) is 2.74. The zero-order chi connectivity index (χ0) is 22.5. The van der Waals surface area contributed by atoms with Gasteiger partial charge in [-0.05, 0) is 55.5 Å². The van der Waals surface area contributed by atoms with Crippen molar-refractivity contribution >= 4 is 23.0 Å². The van der Waals surface area contributed by atoms with E-state index in [1.807, 2.05) is 48.5 Å². The number of urea groups is 1. The second-order valence-electron chi connectivity index (χ2n) is 8.24. The van der Waals surface area contributed by atoms with Gasteiger partial charge in [0.25, 0.3) is 0 Å². The number of carbonyl (C=O) groups excluding carboxylic acids is 2. The molecule has 1 heterocycles. The van der Waals surface area contributed by atoms with Crippen LogP contribution in [0, 0.1) is 5.92 Å². The zero-order valence-electron chi connectivity index (χ0n) is 19.0. The molecule has 168 valence electrons. The largest absolute Gasteiger partial charge is 1.00 e. The molecule has 2 aromatic carbocycles. The van der Waals surface area contributed by atoms with Crippen LogP contribution in [-0.2, 0) is 11.2 Å². The molecule has 8 nitrogen and oxygen atoms in total. The Bertz CT molecular complexity index is 1050. The summed E-state index contributed by atoms with van der Waals surface area (Å²) in [6, 6.07) is 14.5. The molecule has 0 aliphatic heterocycles. The van der Waals surface area contributed by atoms with Gasteiger partial charge in [-0.15, -0.1) is 0 Å². The summed E-state index contributed by atoms with van der Waals surface area (Å²) >= 11 is 0. The van der Waals surface area contributed by atoms with Gasteiger partial charge in [0.2, 0.25) is 0 Å². The molecular weight excluding hydrogens is 415 g/mol. The Morgan fingerprint density at radius 3 is 2.64 bits per heavy atom. The molecule has 2 unspecified atom stereocenters. The number of para-hydroxylation sites is 2. The minimum Gasteiger partial charge on any atom is -0.550 e. The fourth-order valence-electron chi connectivity index (χ4n) is 4.27. The standard InChI is InChI=1S/C24H28N4O4.Li/c1-32-18-11-9-15(10-12-18)13-21(22-26-19-7-2-3-8-20(19)27-22)28-24(31)25-17-6-4-5-16(14-17)23(29)30;/h2-3,7-12,16-17,21H,4-6,13-14H2,1H3,(H,26,27)(H,29,30)(H2,25,28,31);/q;+1/p-1/t16?,17?,21-;/m1./s1. The van der Waals surface area contributed by atoms with Crippen LogP contribution in [0.4, 0.5) is 4.79 Å². The van der Waals surface area contributed by atoms with E-state index in [1.165, 1.54) is 0 Å². The number of hydrogen-bond donors (Lipinski definition) is 3. The van der Waals surface area contributed by atoms with E-state index in [0.717, 1.165) is 35.2 Å². The monoisotopic (exact) mass is 442 g/mol. The van der Waals surface area contributed by atoms with Crippen LogP contribution in [0.15, 0.2) is 48.5 Å². The summed E-state index contributed by atoms with van der Waals surface area (Å²) in [7, 11) is 1.62. The Labute approximate surface area is 204 Å². The number of carbonyl (C=O) groups is 2. The third-order valence-corrected chi connectivity index (χ3v) is 5.98. The molecule has 4 rings (SSSR count). The minimum absolute atomic E-state index is 0. The van der Waals surface area contributed by atoms with E-state index in [1.54, 1.807) is 7.11 Å². The van der Waals surface area contributed by atoms with Crippen molar-refractivity contribution in [2.24, 2.45) is 5.92 Å². The first-order chi connectivity index (χ1) is 15.5. The number of methoxy groups -OCH3 is 1. The summed E-state index contributed by atoms with van der Waals surface area (Å²) in [6.07, 6.45) is 3.03. The van der Waals surface area contributed by atoms with E-state index in [2.05, 4.69) is 20.6 Å². The molecule has 0 radical (unpaired) electrons. The number of nitrogens with one attached hydrogen (secondary N) is 3. The number of hydrogen-bond acceptors (Lipinski definition) is 5. The second-order valence-corrected chi connectivity index (χ2v) is 8.24. The number of amides is 2. The summed E-state index contributed by atoms with van der Waals surface area (Å²) in [5.74, 6) is -0.135. The number of aliphatic carboxylic acids is 1. The Balaban J connectivity index is 0.00000306. The van der Waals surface area contributed by atoms with E-state index >= 15 is 0 Å². The van der Waals surface area contributed by atoms with Crippen LogP contribution < -0.4 is 39.3 Å². The molecule has 3 aromatic rings. The molecule has 0 spiro atoms. The molecule has 1 saturated carbocycles. The Morgan fingerprint density at radius 2 is 1.94 bits per heavy atom. The number of aromatic amines is 1. The number of H-pyrrole nitrogens is 1. The van der Waals surface area contributed by atoms with Crippen LogP contribution in [-0.4, -0.2) is 35.1 Å². The summed E-state index contributed by atoms with van der Waals surface area (Å²) < 4.78 is 5.23. The number of carboxylic acid groups (broad SMARTS) is 1. The van der Waals surface area contributed by atoms with Gasteiger partial charge in [0.1, 0.15) is 11.6 Å². The SMILES string of the molecule is COc1ccc(C[C@@H](NC(=O)NC2CCCC(C(=O)[O-])C2)c2nc3ccccc3[nH]2)cc1.[Li+]. The maximum absolute atomic E-state index is 12.8. The fraction of sp³-hybridized carbons (Fsp3) is 0.375. The fourth-order valence-corrected chi connectivity index (χ4v) is 4.27. The third-order valence-electron chi connectivity index (χ3n) is 5.98. The normalized spacial score (nSPS) is 18.7. The third kappa shape index (κ3) is 6.31. The molecular formula is C24H27LiN4O4. The van der Waals surface area contributed by atoms with Gasteiger partial charge in [-0.25, -0.2) is 9.78 Å². The van der Waals surface area contributed by atoms with Gasteiger partial charge in [0.05, 0.1) is 24.2 Å². The number of fused-ring (bicyclic) bond motifs is 1. The van der Waals surface area contributed by atoms with Crippen molar-refractivity contribution in [1.82, 2.24) is 20.6 Å². The first-order valence-corrected chi connectivity index (χ1v) is 10.9. The smallest absolute Gasteiger partial charge is 0.550 e. The van der Waals surface area contributed by atoms with Gasteiger partial charge in [-0.3, -0.25) is 0 Å². The number of rotatable bonds is 7. The van der Waals surface area contributed by atoms with Gasteiger partial charge in [0, 0.05) is 17.9 Å². The van der Waals surface area contributed by atoms with Gasteiger partial charge in [-0.2, -0.15) is 0 Å². The van der Waals surface area contributed by atoms with E-state index < -0.39 is 17.9 Å². The van der Waals surface area contributed by atoms with Crippen molar-refractivity contribution in [3.63, 3.8) is 0 Å². The molecule has 1 aromatic heterocycles. The van der Waals surface area contributed by atoms with E-state index in [0.29, 0.717) is 25.1 Å². The van der Waals surface area contributed by atoms with Crippen LogP contribution in [0.5, 0.6) is 5.75 Å². The van der Waals surface area contributed by atoms with Crippen LogP contribution in [0.3, 0.4) is 0 Å². The van der Waals surface area contributed by atoms with Gasteiger partial charge >= 0.3 is 24.9 Å². The summed E-state index contributed by atoms with van der Waals surface area (Å²) in [4.78, 5) is 32.0. The van der Waals surface area contributed by atoms with E-state index in [9.17, 15) is 14.7 Å². The molecule has 0 saturated heterocycles. The molecule has 9 heteroatoms. The molecule has 1 aliphatic carbocycles. The number of nitrogens with zero attached hydrogens (tertiary/aromatic N) is 1. The van der Waals surface area contributed by atoms with Gasteiger partial charge < -0.3 is 30.3 Å². The predicted octanol–water partition coefficient (Wildman–Crippen LogP) is -0.533. The van der Waals surface area contributed by atoms with Crippen molar-refractivity contribution in [3.8, 4) is 5.75 Å². The van der Waals surface area contributed by atoms with Crippen LogP contribution in [0.2, 0.25) is 0 Å². The maximum atomic E-state index is 12.8. The number of aromatic nitrogens is 2. The molecule has 3 atom stereocenters. The van der Waals surface area contributed by atoms with Gasteiger partial charge in [-0.1, -0.05) is 30.7 Å². The number of benzene rings is 2. The second kappa shape index (κ2) is 11.3. The van der Waals surface area contributed by atoms with Crippen molar-refractivity contribution in [2.75, 3.05) is 7.11 Å². The summed E-state index contributed by atoms with van der Waals surface area (Å²) in [5, 5.41) is 17.2. The Morgan fingerprint density at radius 1 is 1.18 bits per heavy atom. The van der Waals surface area contributed by atoms with Crippen LogP contribution in [0.25, 0.3) is 11.0 Å². The van der Waals surface area contributed by atoms with Crippen LogP contribution >= 0.6 is 0 Å². The molecule has 1 fully saturated rings. The average Bonchev–Trinajstić information content (AvgIpc) is 3.23. The predicted molar refractivity (Wildman–Crippen MR) is 118 cm³/mol. The number of ether oxygens (including phenoxy) is 1. The molecule has 2 amide bonds. The van der Waals surface area contributed by atoms with Crippen molar-refractivity contribution in [1.29, 1.82) is 0 Å². The molecule has 33 heavy (non-hydrogen) atoms. The van der Waals surface area contributed by atoms with E-state index in [4.69, 9.17) is 4.74 Å². The Hall–Kier alpha value is -2.95. The summed E-state index contributed by atoms with van der Waals surface area (Å²) in [6.45, 7) is 0. The maximum Gasteiger partial charge on any atom is 1.00 e. The number of imidazole rings is 1. The topological polar surface area (TPSA) is 119 Å². The minimum atomic E-state index is -1.04. The van der Waals surface area contributed by atoms with E-state index in [-0.39, 0.29) is 30.9 Å². The van der Waals surface area contributed by atoms with Crippen molar-refractivity contribution < 1.29 is 38.3 Å². The van der Waals surface area contributed by atoms with Gasteiger partial charge in [0.15, 0.2) is 0 Å². The zero-order valence-corrected chi connectivity index (χ0v) is 19.0. The number of carboxylic acids is 1. The van der Waals surface area contributed by atoms with Crippen LogP contribution in [0.1, 0.15) is 43.1 Å². The molecule has 3 N–H and O–H groups in total. The van der Waals surface area contributed by atoms with Crippen molar-refractivity contribution in [2.45, 2.75) is 44.2 Å². The van der Waals surface area contributed by atoms with Crippen molar-refractivity contribution in [3.05, 3.63) is 59.9 Å². The first kappa shape index (κ1) is 24.7. The first-order valence-electron chi connectivity index (χ1n) is 10.9. The quantitative estimate of drug-likeness (QED) is 0.425. The Kier molecular flexibility index (Phi) is 8.42.